The molecule has 0 amide bonds. The lowest BCUT2D eigenvalue weighted by molar-refractivity contribution is 1.32. The van der Waals surface area contributed by atoms with E-state index in [4.69, 9.17) is 17.3 Å². The number of anilines is 1. The average molecular weight is 316 g/mol. The van der Waals surface area contributed by atoms with Crippen LogP contribution in [0.25, 0.3) is 11.1 Å². The van der Waals surface area contributed by atoms with Gasteiger partial charge in [-0.15, -0.1) is 12.6 Å². The van der Waals surface area contributed by atoms with E-state index in [-0.39, 0.29) is 0 Å². The number of nitrogens with zero attached hydrogens (tertiary/aromatic N) is 1. The predicted molar refractivity (Wildman–Crippen MR) is 74.0 cm³/mol. The van der Waals surface area contributed by atoms with Crippen LogP contribution in [0.4, 0.5) is 5.82 Å². The molecule has 0 aliphatic carbocycles. The van der Waals surface area contributed by atoms with Gasteiger partial charge in [-0.3, -0.25) is 0 Å². The lowest BCUT2D eigenvalue weighted by Gasteiger charge is -2.08. The van der Waals surface area contributed by atoms with E-state index in [9.17, 15) is 0 Å². The molecule has 2 aromatic rings. The monoisotopic (exact) mass is 314 g/mol. The van der Waals surface area contributed by atoms with E-state index in [1.165, 1.54) is 6.20 Å². The number of hydrogen-bond acceptors (Lipinski definition) is 3. The van der Waals surface area contributed by atoms with Gasteiger partial charge in [-0.2, -0.15) is 0 Å². The highest BCUT2D eigenvalue weighted by Crippen LogP contribution is 2.33. The Balaban J connectivity index is 2.66. The fraction of sp³-hybridized carbons (Fsp3) is 0. The number of rotatable bonds is 1. The first-order chi connectivity index (χ1) is 7.58. The number of hydrogen-bond donors (Lipinski definition) is 2. The highest BCUT2D eigenvalue weighted by molar-refractivity contribution is 9.10. The molecule has 0 radical (unpaired) electrons. The molecular weight excluding hydrogens is 308 g/mol. The zero-order valence-electron chi connectivity index (χ0n) is 8.11. The summed E-state index contributed by atoms with van der Waals surface area (Å²) in [5.74, 6) is 0.442. The molecule has 2 nitrogen and oxygen atoms in total. The van der Waals surface area contributed by atoms with Crippen molar-refractivity contribution in [2.45, 2.75) is 4.90 Å². The first-order valence-corrected chi connectivity index (χ1v) is 6.09. The number of benzene rings is 1. The fourth-order valence-corrected chi connectivity index (χ4v) is 2.17. The highest BCUT2D eigenvalue weighted by Gasteiger charge is 2.08. The Kier molecular flexibility index (Phi) is 3.42. The largest absolute Gasteiger partial charge is 0.383 e. The quantitative estimate of drug-likeness (QED) is 0.780. The number of nitrogens with two attached hydrogens (primary N) is 1. The first-order valence-electron chi connectivity index (χ1n) is 4.48. The van der Waals surface area contributed by atoms with E-state index >= 15 is 0 Å². The Morgan fingerprint density at radius 3 is 2.75 bits per heavy atom. The number of aromatic nitrogens is 1. The van der Waals surface area contributed by atoms with Crippen molar-refractivity contribution in [1.29, 1.82) is 0 Å². The molecule has 0 saturated carbocycles. The van der Waals surface area contributed by atoms with Crippen LogP contribution in [0, 0.1) is 0 Å². The molecule has 0 unspecified atom stereocenters. The minimum absolute atomic E-state index is 0.442. The van der Waals surface area contributed by atoms with Gasteiger partial charge in [0.1, 0.15) is 5.82 Å². The molecule has 16 heavy (non-hydrogen) atoms. The summed E-state index contributed by atoms with van der Waals surface area (Å²) in [5, 5.41) is 0.553. The van der Waals surface area contributed by atoms with Gasteiger partial charge in [0.15, 0.2) is 0 Å². The third kappa shape index (κ3) is 2.34. The second kappa shape index (κ2) is 4.65. The van der Waals surface area contributed by atoms with E-state index in [0.717, 1.165) is 20.5 Å². The molecule has 0 aliphatic rings. The van der Waals surface area contributed by atoms with Gasteiger partial charge in [0.25, 0.3) is 0 Å². The van der Waals surface area contributed by atoms with Crippen LogP contribution in [0.15, 0.2) is 39.8 Å². The first kappa shape index (κ1) is 11.8. The van der Waals surface area contributed by atoms with Crippen molar-refractivity contribution in [1.82, 2.24) is 4.98 Å². The SMILES string of the molecule is Nc1ncc(Cl)cc1-c1cc(Br)ccc1S. The molecule has 0 bridgehead atoms. The topological polar surface area (TPSA) is 38.9 Å². The summed E-state index contributed by atoms with van der Waals surface area (Å²) in [5.41, 5.74) is 7.52. The number of thiol groups is 1. The Morgan fingerprint density at radius 2 is 2.00 bits per heavy atom. The zero-order chi connectivity index (χ0) is 11.7. The minimum atomic E-state index is 0.442. The molecule has 0 saturated heterocycles. The van der Waals surface area contributed by atoms with Crippen molar-refractivity contribution in [3.8, 4) is 11.1 Å². The van der Waals surface area contributed by atoms with Crippen LogP contribution in [0.1, 0.15) is 0 Å². The van der Waals surface area contributed by atoms with Crippen LogP contribution in [-0.2, 0) is 0 Å². The number of nitrogen functional groups attached to an aromatic ring is 1. The summed E-state index contributed by atoms with van der Waals surface area (Å²) in [6, 6.07) is 7.53. The molecule has 5 heteroatoms. The molecule has 2 N–H and O–H groups in total. The van der Waals surface area contributed by atoms with Gasteiger partial charge >= 0.3 is 0 Å². The van der Waals surface area contributed by atoms with E-state index in [1.807, 2.05) is 18.2 Å². The standard InChI is InChI=1S/C11H8BrClN2S/c12-6-1-2-10(16)8(3-6)9-4-7(13)5-15-11(9)14/h1-5,16H,(H2,14,15). The molecule has 0 atom stereocenters. The van der Waals surface area contributed by atoms with Gasteiger partial charge in [-0.1, -0.05) is 27.5 Å². The van der Waals surface area contributed by atoms with E-state index in [0.29, 0.717) is 10.8 Å². The molecule has 0 spiro atoms. The third-order valence-corrected chi connectivity index (χ3v) is 3.22. The molecular formula is C11H8BrClN2S. The van der Waals surface area contributed by atoms with Crippen LogP contribution in [0.2, 0.25) is 5.02 Å². The van der Waals surface area contributed by atoms with Gasteiger partial charge in [0.2, 0.25) is 0 Å². The van der Waals surface area contributed by atoms with Crippen molar-refractivity contribution < 1.29 is 0 Å². The van der Waals surface area contributed by atoms with Crippen molar-refractivity contribution >= 4 is 46.0 Å². The van der Waals surface area contributed by atoms with Crippen molar-refractivity contribution in [2.24, 2.45) is 0 Å². The Bertz CT molecular complexity index is 496. The lowest BCUT2D eigenvalue weighted by Crippen LogP contribution is -1.94. The van der Waals surface area contributed by atoms with Crippen LogP contribution >= 0.6 is 40.2 Å². The Hall–Kier alpha value is -0.710. The molecule has 82 valence electrons. The number of halogens is 2. The summed E-state index contributed by atoms with van der Waals surface area (Å²) in [7, 11) is 0. The van der Waals surface area contributed by atoms with Crippen molar-refractivity contribution in [2.75, 3.05) is 5.73 Å². The maximum absolute atomic E-state index is 5.90. The number of pyridine rings is 1. The van der Waals surface area contributed by atoms with Gasteiger partial charge in [0, 0.05) is 21.1 Å². The summed E-state index contributed by atoms with van der Waals surface area (Å²) in [4.78, 5) is 4.85. The average Bonchev–Trinajstić information content (AvgIpc) is 2.25. The highest BCUT2D eigenvalue weighted by atomic mass is 79.9. The van der Waals surface area contributed by atoms with Crippen molar-refractivity contribution in [3.05, 3.63) is 40.0 Å². The maximum Gasteiger partial charge on any atom is 0.131 e. The molecule has 1 aromatic carbocycles. The molecule has 2 rings (SSSR count). The molecule has 1 heterocycles. The molecule has 0 fully saturated rings. The van der Waals surface area contributed by atoms with Gasteiger partial charge in [0.05, 0.1) is 5.02 Å². The summed E-state index contributed by atoms with van der Waals surface area (Å²) in [6.07, 6.45) is 1.52. The molecule has 0 aliphatic heterocycles. The summed E-state index contributed by atoms with van der Waals surface area (Å²) >= 11 is 13.7. The van der Waals surface area contributed by atoms with Crippen LogP contribution in [0.5, 0.6) is 0 Å². The third-order valence-electron chi connectivity index (χ3n) is 2.13. The summed E-state index contributed by atoms with van der Waals surface area (Å²) < 4.78 is 0.958. The normalized spacial score (nSPS) is 10.4. The molecule has 1 aromatic heterocycles. The van der Waals surface area contributed by atoms with E-state index < -0.39 is 0 Å². The van der Waals surface area contributed by atoms with Crippen LogP contribution < -0.4 is 5.73 Å². The Labute approximate surface area is 112 Å². The smallest absolute Gasteiger partial charge is 0.131 e. The fourth-order valence-electron chi connectivity index (χ4n) is 1.39. The van der Waals surface area contributed by atoms with Crippen LogP contribution in [-0.4, -0.2) is 4.98 Å². The van der Waals surface area contributed by atoms with E-state index in [2.05, 4.69) is 33.5 Å². The second-order valence-corrected chi connectivity index (χ2v) is 5.08. The van der Waals surface area contributed by atoms with E-state index in [1.54, 1.807) is 6.07 Å². The van der Waals surface area contributed by atoms with Gasteiger partial charge in [-0.25, -0.2) is 4.98 Å². The predicted octanol–water partition coefficient (Wildman–Crippen LogP) is 4.04. The summed E-state index contributed by atoms with van der Waals surface area (Å²) in [6.45, 7) is 0. The van der Waals surface area contributed by atoms with Gasteiger partial charge < -0.3 is 5.73 Å². The zero-order valence-corrected chi connectivity index (χ0v) is 11.4. The minimum Gasteiger partial charge on any atom is -0.383 e. The lowest BCUT2D eigenvalue weighted by atomic mass is 10.1. The Morgan fingerprint density at radius 1 is 1.25 bits per heavy atom. The van der Waals surface area contributed by atoms with Crippen molar-refractivity contribution in [3.63, 3.8) is 0 Å². The van der Waals surface area contributed by atoms with Crippen LogP contribution in [0.3, 0.4) is 0 Å². The van der Waals surface area contributed by atoms with Gasteiger partial charge in [-0.05, 0) is 29.8 Å². The second-order valence-electron chi connectivity index (χ2n) is 3.25. The maximum atomic E-state index is 5.90.